The highest BCUT2D eigenvalue weighted by Gasteiger charge is 2.32. The fraction of sp³-hybridized carbons (Fsp3) is 0.333. The van der Waals surface area contributed by atoms with E-state index < -0.39 is 28.5 Å². The van der Waals surface area contributed by atoms with Crippen LogP contribution >= 0.6 is 15.9 Å². The van der Waals surface area contributed by atoms with Crippen LogP contribution in [0.25, 0.3) is 0 Å². The summed E-state index contributed by atoms with van der Waals surface area (Å²) < 4.78 is 27.6. The van der Waals surface area contributed by atoms with E-state index in [1.165, 1.54) is 4.90 Å². The van der Waals surface area contributed by atoms with Crippen molar-refractivity contribution >= 4 is 43.5 Å². The second-order valence-electron chi connectivity index (χ2n) is 9.60. The normalized spacial score (nSPS) is 12.0. The van der Waals surface area contributed by atoms with Gasteiger partial charge in [-0.25, -0.2) is 8.42 Å². The number of hydrogen-bond acceptors (Lipinski definition) is 4. The van der Waals surface area contributed by atoms with Gasteiger partial charge < -0.3 is 10.2 Å². The monoisotopic (exact) mass is 613 g/mol. The average molecular weight is 615 g/mol. The number of sulfonamides is 1. The van der Waals surface area contributed by atoms with Gasteiger partial charge in [-0.3, -0.25) is 13.9 Å². The van der Waals surface area contributed by atoms with Crippen molar-refractivity contribution < 1.29 is 18.0 Å². The van der Waals surface area contributed by atoms with E-state index in [9.17, 15) is 18.0 Å². The second-order valence-corrected chi connectivity index (χ2v) is 12.4. The van der Waals surface area contributed by atoms with Crippen LogP contribution in [0.1, 0.15) is 36.5 Å². The number of anilines is 1. The van der Waals surface area contributed by atoms with Crippen LogP contribution < -0.4 is 9.62 Å². The Morgan fingerprint density at radius 3 is 2.15 bits per heavy atom. The smallest absolute Gasteiger partial charge is 0.244 e. The molecule has 2 amide bonds. The Bertz CT molecular complexity index is 1330. The molecule has 3 aromatic carbocycles. The van der Waals surface area contributed by atoms with E-state index in [4.69, 9.17) is 0 Å². The largest absolute Gasteiger partial charge is 0.354 e. The molecule has 3 rings (SSSR count). The summed E-state index contributed by atoms with van der Waals surface area (Å²) in [5, 5.41) is 2.98. The first-order chi connectivity index (χ1) is 18.6. The Labute approximate surface area is 240 Å². The minimum atomic E-state index is -3.78. The van der Waals surface area contributed by atoms with Gasteiger partial charge in [-0.2, -0.15) is 0 Å². The first-order valence-electron chi connectivity index (χ1n) is 13.0. The molecular formula is C30H36BrN3O4S. The van der Waals surface area contributed by atoms with E-state index in [0.29, 0.717) is 18.7 Å². The quantitative estimate of drug-likeness (QED) is 0.272. The molecular weight excluding hydrogens is 578 g/mol. The van der Waals surface area contributed by atoms with E-state index in [1.807, 2.05) is 68.4 Å². The molecule has 0 radical (unpaired) electrons. The number of nitrogens with one attached hydrogen (secondary N) is 1. The van der Waals surface area contributed by atoms with E-state index in [-0.39, 0.29) is 12.5 Å². The number of hydrogen-bond donors (Lipinski definition) is 1. The number of amides is 2. The molecule has 7 nitrogen and oxygen atoms in total. The molecule has 208 valence electrons. The summed E-state index contributed by atoms with van der Waals surface area (Å²) in [4.78, 5) is 29.1. The Morgan fingerprint density at radius 1 is 0.923 bits per heavy atom. The van der Waals surface area contributed by atoms with Gasteiger partial charge in [0.15, 0.2) is 0 Å². The van der Waals surface area contributed by atoms with Gasteiger partial charge in [0, 0.05) is 24.0 Å². The topological polar surface area (TPSA) is 86.8 Å². The number of unbranched alkanes of at least 4 members (excludes halogenated alkanes) is 1. The maximum absolute atomic E-state index is 14.0. The highest BCUT2D eigenvalue weighted by molar-refractivity contribution is 9.10. The lowest BCUT2D eigenvalue weighted by Gasteiger charge is -2.33. The summed E-state index contributed by atoms with van der Waals surface area (Å²) >= 11 is 3.44. The molecule has 0 saturated carbocycles. The zero-order valence-electron chi connectivity index (χ0n) is 22.6. The lowest BCUT2D eigenvalue weighted by Crippen LogP contribution is -2.53. The van der Waals surface area contributed by atoms with Gasteiger partial charge in [-0.1, -0.05) is 89.4 Å². The van der Waals surface area contributed by atoms with Crippen LogP contribution in [0.5, 0.6) is 0 Å². The highest BCUT2D eigenvalue weighted by atomic mass is 79.9. The summed E-state index contributed by atoms with van der Waals surface area (Å²) in [6.45, 7) is 4.18. The summed E-state index contributed by atoms with van der Waals surface area (Å²) in [6.07, 6.45) is 3.12. The van der Waals surface area contributed by atoms with Gasteiger partial charge in [0.25, 0.3) is 0 Å². The molecule has 0 fully saturated rings. The third-order valence-corrected chi connectivity index (χ3v) is 8.04. The zero-order chi connectivity index (χ0) is 28.4. The molecule has 0 unspecified atom stereocenters. The lowest BCUT2D eigenvalue weighted by molar-refractivity contribution is -0.140. The van der Waals surface area contributed by atoms with E-state index in [0.717, 1.165) is 44.6 Å². The van der Waals surface area contributed by atoms with Crippen LogP contribution in [0, 0.1) is 6.92 Å². The van der Waals surface area contributed by atoms with Crippen LogP contribution in [-0.2, 0) is 32.6 Å². The molecule has 9 heteroatoms. The number of nitrogens with zero attached hydrogens (tertiary/aromatic N) is 2. The van der Waals surface area contributed by atoms with Crippen LogP contribution in [0.3, 0.4) is 0 Å². The fourth-order valence-corrected chi connectivity index (χ4v) is 5.29. The number of rotatable bonds is 13. The van der Waals surface area contributed by atoms with Crippen LogP contribution in [0.15, 0.2) is 83.3 Å². The highest BCUT2D eigenvalue weighted by Crippen LogP contribution is 2.21. The molecule has 3 aromatic rings. The molecule has 0 aromatic heterocycles. The molecule has 0 aliphatic carbocycles. The van der Waals surface area contributed by atoms with Gasteiger partial charge in [-0.05, 0) is 48.7 Å². The van der Waals surface area contributed by atoms with Crippen molar-refractivity contribution in [2.24, 2.45) is 0 Å². The lowest BCUT2D eigenvalue weighted by atomic mass is 10.0. The Morgan fingerprint density at radius 2 is 1.56 bits per heavy atom. The van der Waals surface area contributed by atoms with Crippen molar-refractivity contribution in [3.63, 3.8) is 0 Å². The average Bonchev–Trinajstić information content (AvgIpc) is 2.91. The van der Waals surface area contributed by atoms with Crippen molar-refractivity contribution in [1.82, 2.24) is 10.2 Å². The summed E-state index contributed by atoms with van der Waals surface area (Å²) in [7, 11) is -3.78. The molecule has 1 N–H and O–H groups in total. The van der Waals surface area contributed by atoms with Crippen molar-refractivity contribution in [3.8, 4) is 0 Å². The maximum Gasteiger partial charge on any atom is 0.244 e. The van der Waals surface area contributed by atoms with Crippen molar-refractivity contribution in [1.29, 1.82) is 0 Å². The number of aryl methyl sites for hydroxylation is 1. The minimum absolute atomic E-state index is 0.149. The Kier molecular flexibility index (Phi) is 11.1. The van der Waals surface area contributed by atoms with Gasteiger partial charge >= 0.3 is 0 Å². The Balaban J connectivity index is 2.01. The molecule has 0 heterocycles. The predicted molar refractivity (Wildman–Crippen MR) is 160 cm³/mol. The second kappa shape index (κ2) is 14.3. The SMILES string of the molecule is CCCCNC(=O)[C@H](Cc1ccccc1)N(Cc1ccc(Br)cc1)C(=O)CN(c1ccc(C)cc1)S(C)(=O)=O. The van der Waals surface area contributed by atoms with Crippen LogP contribution in [0.4, 0.5) is 5.69 Å². The molecule has 0 saturated heterocycles. The minimum Gasteiger partial charge on any atom is -0.354 e. The molecule has 39 heavy (non-hydrogen) atoms. The molecule has 0 spiro atoms. The molecule has 0 aliphatic heterocycles. The summed E-state index contributed by atoms with van der Waals surface area (Å²) in [5.74, 6) is -0.727. The summed E-state index contributed by atoms with van der Waals surface area (Å²) in [5.41, 5.74) is 3.10. The number of benzene rings is 3. The van der Waals surface area contributed by atoms with E-state index in [2.05, 4.69) is 21.2 Å². The maximum atomic E-state index is 14.0. The van der Waals surface area contributed by atoms with Gasteiger partial charge in [-0.15, -0.1) is 0 Å². The van der Waals surface area contributed by atoms with Crippen molar-refractivity contribution in [2.75, 3.05) is 23.7 Å². The zero-order valence-corrected chi connectivity index (χ0v) is 25.0. The summed E-state index contributed by atoms with van der Waals surface area (Å²) in [6, 6.07) is 23.2. The van der Waals surface area contributed by atoms with E-state index in [1.54, 1.807) is 24.3 Å². The molecule has 0 bridgehead atoms. The van der Waals surface area contributed by atoms with Gasteiger partial charge in [0.2, 0.25) is 21.8 Å². The molecule has 1 atom stereocenters. The first kappa shape index (κ1) is 30.4. The third-order valence-electron chi connectivity index (χ3n) is 6.37. The first-order valence-corrected chi connectivity index (χ1v) is 15.6. The number of carbonyl (C=O) groups excluding carboxylic acids is 2. The van der Waals surface area contributed by atoms with Crippen LogP contribution in [-0.4, -0.2) is 50.5 Å². The van der Waals surface area contributed by atoms with Crippen LogP contribution in [0.2, 0.25) is 0 Å². The predicted octanol–water partition coefficient (Wildman–Crippen LogP) is 5.08. The number of halogens is 1. The van der Waals surface area contributed by atoms with Gasteiger partial charge in [0.1, 0.15) is 12.6 Å². The Hall–Kier alpha value is -3.17. The molecule has 0 aliphatic rings. The van der Waals surface area contributed by atoms with E-state index >= 15 is 0 Å². The van der Waals surface area contributed by atoms with Crippen molar-refractivity contribution in [2.45, 2.75) is 45.7 Å². The number of carbonyl (C=O) groups is 2. The van der Waals surface area contributed by atoms with Gasteiger partial charge in [0.05, 0.1) is 11.9 Å². The third kappa shape index (κ3) is 9.21. The van der Waals surface area contributed by atoms with Crippen molar-refractivity contribution in [3.05, 3.63) is 100 Å². The standard InChI is InChI=1S/C30H36BrN3O4S/c1-4-5-19-32-30(36)28(20-24-9-7-6-8-10-24)33(21-25-13-15-26(31)16-14-25)29(35)22-34(39(3,37)38)27-17-11-23(2)12-18-27/h6-18,28H,4-5,19-22H2,1-3H3,(H,32,36)/t28-/m0/s1. The fourth-order valence-electron chi connectivity index (χ4n) is 4.17.